The molecular weight excluding hydrogens is 321 g/mol. The van der Waals surface area contributed by atoms with Crippen molar-refractivity contribution in [2.45, 2.75) is 0 Å². The summed E-state index contributed by atoms with van der Waals surface area (Å²) in [6, 6.07) is 14.0. The minimum Gasteiger partial charge on any atom is -0.350 e. The van der Waals surface area contributed by atoms with Crippen molar-refractivity contribution < 1.29 is 9.18 Å². The van der Waals surface area contributed by atoms with Gasteiger partial charge in [0.25, 0.3) is 5.91 Å². The number of carbonyl (C=O) groups is 1. The van der Waals surface area contributed by atoms with Crippen LogP contribution in [0.4, 0.5) is 4.39 Å². The third-order valence-corrected chi connectivity index (χ3v) is 4.04. The molecule has 3 aromatic rings. The van der Waals surface area contributed by atoms with Crippen LogP contribution in [0.1, 0.15) is 10.5 Å². The second-order valence-electron chi connectivity index (χ2n) is 5.91. The van der Waals surface area contributed by atoms with E-state index >= 15 is 0 Å². The summed E-state index contributed by atoms with van der Waals surface area (Å²) in [5.74, 6) is -0.533. The third-order valence-electron chi connectivity index (χ3n) is 4.04. The van der Waals surface area contributed by atoms with Crippen LogP contribution in [0.25, 0.3) is 22.0 Å². The number of H-pyrrole nitrogens is 1. The van der Waals surface area contributed by atoms with Gasteiger partial charge in [-0.25, -0.2) is 4.39 Å². The number of nitrogens with one attached hydrogen (secondary N) is 2. The van der Waals surface area contributed by atoms with Crippen LogP contribution >= 0.6 is 0 Å². The summed E-state index contributed by atoms with van der Waals surface area (Å²) < 4.78 is 14.0. The maximum absolute atomic E-state index is 14.0. The number of aromatic nitrogens is 1. The number of aromatic amines is 1. The Balaban J connectivity index is 1.61. The van der Waals surface area contributed by atoms with Crippen molar-refractivity contribution in [3.05, 3.63) is 60.0 Å². The fraction of sp³-hybridized carbons (Fsp3) is 0.111. The number of nitrogens with zero attached hydrogens (tertiary/aromatic N) is 3. The molecule has 0 spiro atoms. The lowest BCUT2D eigenvalue weighted by Gasteiger charge is -2.16. The van der Waals surface area contributed by atoms with Crippen LogP contribution in [0, 0.1) is 5.82 Å². The van der Waals surface area contributed by atoms with Crippen molar-refractivity contribution in [2.75, 3.05) is 13.7 Å². The van der Waals surface area contributed by atoms with Gasteiger partial charge in [-0.3, -0.25) is 20.2 Å². The molecule has 1 aliphatic rings. The Bertz CT molecular complexity index is 981. The number of hydrogen-bond donors (Lipinski definition) is 2. The van der Waals surface area contributed by atoms with Gasteiger partial charge < -0.3 is 4.98 Å². The van der Waals surface area contributed by atoms with Crippen LogP contribution < -0.4 is 5.43 Å². The molecule has 0 bridgehead atoms. The summed E-state index contributed by atoms with van der Waals surface area (Å²) in [7, 11) is 1.82. The van der Waals surface area contributed by atoms with Gasteiger partial charge in [-0.05, 0) is 23.8 Å². The average Bonchev–Trinajstić information content (AvgIpc) is 3.20. The molecule has 2 N–H and O–H groups in total. The summed E-state index contributed by atoms with van der Waals surface area (Å²) >= 11 is 0. The molecule has 2 aromatic carbocycles. The van der Waals surface area contributed by atoms with E-state index in [0.717, 1.165) is 16.5 Å². The first kappa shape index (κ1) is 15.2. The number of carbonyl (C=O) groups excluding carboxylic acids is 1. The lowest BCUT2D eigenvalue weighted by Crippen LogP contribution is -2.41. The molecule has 1 aliphatic heterocycles. The Kier molecular flexibility index (Phi) is 3.61. The van der Waals surface area contributed by atoms with Gasteiger partial charge in [0, 0.05) is 23.5 Å². The average molecular weight is 337 g/mol. The zero-order valence-electron chi connectivity index (χ0n) is 13.5. The second-order valence-corrected chi connectivity index (χ2v) is 5.91. The van der Waals surface area contributed by atoms with Gasteiger partial charge in [0.15, 0.2) is 0 Å². The standard InChI is InChI=1S/C18H16FN5O/c1-23-11-24(10-20-23)22-18(25)17-9-13-7-6-12(8-16(13)21-17)14-4-2-3-5-15(14)19/h2-10,21H,11H2,1H3,(H,22,25). The van der Waals surface area contributed by atoms with Gasteiger partial charge in [0.1, 0.15) is 24.5 Å². The summed E-state index contributed by atoms with van der Waals surface area (Å²) in [4.78, 5) is 15.5. The lowest BCUT2D eigenvalue weighted by atomic mass is 10.0. The Morgan fingerprint density at radius 3 is 2.84 bits per heavy atom. The minimum absolute atomic E-state index is 0.259. The highest BCUT2D eigenvalue weighted by atomic mass is 19.1. The summed E-state index contributed by atoms with van der Waals surface area (Å²) in [6.07, 6.45) is 1.55. The maximum atomic E-state index is 14.0. The van der Waals surface area contributed by atoms with Crippen molar-refractivity contribution in [2.24, 2.45) is 5.10 Å². The van der Waals surface area contributed by atoms with Crippen LogP contribution in [0.3, 0.4) is 0 Å². The van der Waals surface area contributed by atoms with Gasteiger partial charge in [0.2, 0.25) is 0 Å². The van der Waals surface area contributed by atoms with Gasteiger partial charge in [-0.15, -0.1) is 0 Å². The molecule has 0 fully saturated rings. The Morgan fingerprint density at radius 2 is 2.08 bits per heavy atom. The number of amides is 1. The normalized spacial score (nSPS) is 13.7. The first-order chi connectivity index (χ1) is 12.1. The molecule has 0 radical (unpaired) electrons. The van der Waals surface area contributed by atoms with E-state index in [1.54, 1.807) is 40.6 Å². The number of rotatable bonds is 3. The van der Waals surface area contributed by atoms with Crippen LogP contribution in [-0.2, 0) is 0 Å². The quantitative estimate of drug-likeness (QED) is 0.772. The first-order valence-corrected chi connectivity index (χ1v) is 7.81. The van der Waals surface area contributed by atoms with Crippen molar-refractivity contribution >= 4 is 23.1 Å². The largest absolute Gasteiger partial charge is 0.350 e. The van der Waals surface area contributed by atoms with E-state index in [9.17, 15) is 9.18 Å². The van der Waals surface area contributed by atoms with Gasteiger partial charge in [0.05, 0.1) is 0 Å². The molecule has 4 rings (SSSR count). The molecule has 1 aromatic heterocycles. The highest BCUT2D eigenvalue weighted by Crippen LogP contribution is 2.26. The lowest BCUT2D eigenvalue weighted by molar-refractivity contribution is 0.0849. The fourth-order valence-electron chi connectivity index (χ4n) is 2.81. The molecule has 0 saturated heterocycles. The van der Waals surface area contributed by atoms with E-state index in [1.807, 2.05) is 25.2 Å². The van der Waals surface area contributed by atoms with Gasteiger partial charge in [-0.1, -0.05) is 30.3 Å². The van der Waals surface area contributed by atoms with Gasteiger partial charge in [-0.2, -0.15) is 5.10 Å². The first-order valence-electron chi connectivity index (χ1n) is 7.81. The van der Waals surface area contributed by atoms with Crippen LogP contribution in [0.15, 0.2) is 53.6 Å². The van der Waals surface area contributed by atoms with Crippen molar-refractivity contribution in [3.8, 4) is 11.1 Å². The summed E-state index contributed by atoms with van der Waals surface area (Å²) in [5, 5.41) is 8.22. The second kappa shape index (κ2) is 5.94. The molecule has 7 heteroatoms. The number of hydrazone groups is 1. The monoisotopic (exact) mass is 337 g/mol. The molecule has 0 atom stereocenters. The number of halogens is 1. The molecule has 1 amide bonds. The van der Waals surface area contributed by atoms with Crippen LogP contribution in [-0.4, -0.2) is 41.0 Å². The molecule has 6 nitrogen and oxygen atoms in total. The van der Waals surface area contributed by atoms with E-state index in [4.69, 9.17) is 0 Å². The zero-order valence-corrected chi connectivity index (χ0v) is 13.5. The zero-order chi connectivity index (χ0) is 17.4. The topological polar surface area (TPSA) is 63.7 Å². The maximum Gasteiger partial charge on any atom is 0.286 e. The van der Waals surface area contributed by atoms with E-state index < -0.39 is 0 Å². The number of fused-ring (bicyclic) bond motifs is 1. The highest BCUT2D eigenvalue weighted by molar-refractivity contribution is 5.99. The van der Waals surface area contributed by atoms with Gasteiger partial charge >= 0.3 is 0 Å². The van der Waals surface area contributed by atoms with Crippen LogP contribution in [0.2, 0.25) is 0 Å². The van der Waals surface area contributed by atoms with E-state index in [-0.39, 0.29) is 11.7 Å². The highest BCUT2D eigenvalue weighted by Gasteiger charge is 2.16. The van der Waals surface area contributed by atoms with Crippen LogP contribution in [0.5, 0.6) is 0 Å². The molecule has 0 aliphatic carbocycles. The number of hydrazine groups is 1. The Morgan fingerprint density at radius 1 is 1.24 bits per heavy atom. The summed E-state index contributed by atoms with van der Waals surface area (Å²) in [6.45, 7) is 0.489. The van der Waals surface area contributed by atoms with E-state index in [2.05, 4.69) is 15.5 Å². The molecule has 0 unspecified atom stereocenters. The Labute approximate surface area is 143 Å². The number of hydrogen-bond acceptors (Lipinski definition) is 4. The van der Waals surface area contributed by atoms with E-state index in [0.29, 0.717) is 17.9 Å². The molecule has 2 heterocycles. The third kappa shape index (κ3) is 2.91. The fourth-order valence-corrected chi connectivity index (χ4v) is 2.81. The molecule has 0 saturated carbocycles. The predicted octanol–water partition coefficient (Wildman–Crippen LogP) is 2.77. The van der Waals surface area contributed by atoms with Crippen molar-refractivity contribution in [1.29, 1.82) is 0 Å². The predicted molar refractivity (Wildman–Crippen MR) is 94.1 cm³/mol. The van der Waals surface area contributed by atoms with Crippen molar-refractivity contribution in [3.63, 3.8) is 0 Å². The summed E-state index contributed by atoms with van der Waals surface area (Å²) in [5.41, 5.74) is 5.25. The molecule has 126 valence electrons. The Hall–Kier alpha value is -3.35. The number of benzene rings is 2. The molecular formula is C18H16FN5O. The minimum atomic E-state index is -0.274. The van der Waals surface area contributed by atoms with Crippen molar-refractivity contribution in [1.82, 2.24) is 20.4 Å². The van der Waals surface area contributed by atoms with E-state index in [1.165, 1.54) is 6.07 Å². The molecule has 25 heavy (non-hydrogen) atoms. The smallest absolute Gasteiger partial charge is 0.286 e. The SMILES string of the molecule is CN1CN(NC(=O)c2cc3ccc(-c4ccccc4F)cc3[nH]2)C=N1.